The molecule has 0 radical (unpaired) electrons. The molecule has 1 atom stereocenters. The molecule has 1 rings (SSSR count). The van der Waals surface area contributed by atoms with Crippen LogP contribution in [-0.4, -0.2) is 26.8 Å². The van der Waals surface area contributed by atoms with Crippen LogP contribution < -0.4 is 10.6 Å². The van der Waals surface area contributed by atoms with E-state index in [0.717, 1.165) is 5.69 Å². The Morgan fingerprint density at radius 2 is 2.21 bits per heavy atom. The van der Waals surface area contributed by atoms with Crippen LogP contribution in [-0.2, 0) is 4.74 Å². The molecule has 104 valence electrons. The zero-order valence-corrected chi connectivity index (χ0v) is 11.4. The molecule has 0 amide bonds. The second-order valence-corrected chi connectivity index (χ2v) is 4.35. The number of anilines is 1. The van der Waals surface area contributed by atoms with E-state index >= 15 is 0 Å². The molecule has 0 saturated heterocycles. The van der Waals surface area contributed by atoms with Crippen LogP contribution in [0.2, 0.25) is 0 Å². The Hall–Kier alpha value is -1.64. The number of methoxy groups -OCH3 is 1. The number of hydrogen-bond acceptors (Lipinski definition) is 4. The maximum Gasteiger partial charge on any atom is 0.130 e. The maximum absolute atomic E-state index is 13.9. The topological polar surface area (TPSA) is 62.3 Å². The van der Waals surface area contributed by atoms with Crippen molar-refractivity contribution in [1.29, 1.82) is 5.26 Å². The second kappa shape index (κ2) is 7.72. The Labute approximate surface area is 113 Å². The highest BCUT2D eigenvalue weighted by Crippen LogP contribution is 2.27. The van der Waals surface area contributed by atoms with Gasteiger partial charge in [-0.15, -0.1) is 0 Å². The van der Waals surface area contributed by atoms with Crippen LogP contribution in [0.15, 0.2) is 18.2 Å². The molecule has 0 bridgehead atoms. The zero-order valence-electron chi connectivity index (χ0n) is 11.4. The fourth-order valence-corrected chi connectivity index (χ4v) is 1.99. The fraction of sp³-hybridized carbons (Fsp3) is 0.500. The van der Waals surface area contributed by atoms with E-state index in [-0.39, 0.29) is 5.82 Å². The third-order valence-corrected chi connectivity index (χ3v) is 2.88. The van der Waals surface area contributed by atoms with Crippen LogP contribution in [0.25, 0.3) is 0 Å². The Morgan fingerprint density at radius 3 is 2.79 bits per heavy atom. The van der Waals surface area contributed by atoms with Gasteiger partial charge in [-0.3, -0.25) is 0 Å². The standard InChI is InChI=1S/C14H20FN3O/c1-11(17)14-12(15)5-3-6-13(14)18(8-4-7-16)9-10-19-2/h3,5-6,11H,4,8-10,17H2,1-2H3. The monoisotopic (exact) mass is 265 g/mol. The zero-order chi connectivity index (χ0) is 14.3. The van der Waals surface area contributed by atoms with Crippen molar-refractivity contribution >= 4 is 5.69 Å². The van der Waals surface area contributed by atoms with Gasteiger partial charge in [0.25, 0.3) is 0 Å². The minimum Gasteiger partial charge on any atom is -0.383 e. The summed E-state index contributed by atoms with van der Waals surface area (Å²) in [7, 11) is 1.61. The molecule has 4 nitrogen and oxygen atoms in total. The number of nitriles is 1. The largest absolute Gasteiger partial charge is 0.383 e. The van der Waals surface area contributed by atoms with Gasteiger partial charge in [-0.2, -0.15) is 5.26 Å². The summed E-state index contributed by atoms with van der Waals surface area (Å²) in [4.78, 5) is 1.94. The number of halogens is 1. The molecule has 0 aromatic heterocycles. The van der Waals surface area contributed by atoms with E-state index in [1.807, 2.05) is 11.0 Å². The van der Waals surface area contributed by atoms with Gasteiger partial charge in [-0.25, -0.2) is 4.39 Å². The maximum atomic E-state index is 13.9. The van der Waals surface area contributed by atoms with Gasteiger partial charge in [0.05, 0.1) is 19.1 Å². The lowest BCUT2D eigenvalue weighted by Gasteiger charge is -2.27. The van der Waals surface area contributed by atoms with Crippen molar-refractivity contribution in [2.24, 2.45) is 5.73 Å². The van der Waals surface area contributed by atoms with E-state index in [4.69, 9.17) is 15.7 Å². The Bertz CT molecular complexity index is 443. The quantitative estimate of drug-likeness (QED) is 0.821. The molecule has 5 heteroatoms. The SMILES string of the molecule is COCCN(CCC#N)c1cccc(F)c1C(C)N. The summed E-state index contributed by atoms with van der Waals surface area (Å²) < 4.78 is 19.0. The highest BCUT2D eigenvalue weighted by molar-refractivity contribution is 5.55. The number of benzene rings is 1. The highest BCUT2D eigenvalue weighted by atomic mass is 19.1. The van der Waals surface area contributed by atoms with E-state index in [9.17, 15) is 4.39 Å². The average molecular weight is 265 g/mol. The molecule has 0 aliphatic rings. The van der Waals surface area contributed by atoms with Gasteiger partial charge in [0.1, 0.15) is 5.82 Å². The number of rotatable bonds is 7. The minimum absolute atomic E-state index is 0.313. The molecule has 0 aliphatic carbocycles. The third-order valence-electron chi connectivity index (χ3n) is 2.88. The summed E-state index contributed by atoms with van der Waals surface area (Å²) in [5.41, 5.74) is 7.07. The summed E-state index contributed by atoms with van der Waals surface area (Å²) in [5.74, 6) is -0.313. The molecule has 0 heterocycles. The van der Waals surface area contributed by atoms with Gasteiger partial charge < -0.3 is 15.4 Å². The number of ether oxygens (including phenoxy) is 1. The molecule has 1 aromatic rings. The van der Waals surface area contributed by atoms with Gasteiger partial charge in [0.15, 0.2) is 0 Å². The molecule has 0 saturated carbocycles. The first-order chi connectivity index (χ1) is 9.11. The molecular formula is C14H20FN3O. The van der Waals surface area contributed by atoms with Crippen LogP contribution in [0.4, 0.5) is 10.1 Å². The summed E-state index contributed by atoms with van der Waals surface area (Å²) in [6, 6.07) is 6.59. The van der Waals surface area contributed by atoms with Crippen molar-refractivity contribution in [3.63, 3.8) is 0 Å². The fourth-order valence-electron chi connectivity index (χ4n) is 1.99. The van der Waals surface area contributed by atoms with Crippen molar-refractivity contribution in [3.8, 4) is 6.07 Å². The molecule has 2 N–H and O–H groups in total. The Morgan fingerprint density at radius 1 is 1.47 bits per heavy atom. The first-order valence-electron chi connectivity index (χ1n) is 6.26. The normalized spacial score (nSPS) is 11.9. The van der Waals surface area contributed by atoms with Crippen LogP contribution in [0, 0.1) is 17.1 Å². The molecule has 0 aliphatic heterocycles. The molecule has 1 aromatic carbocycles. The summed E-state index contributed by atoms with van der Waals surface area (Å²) in [6.07, 6.45) is 0.374. The van der Waals surface area contributed by atoms with E-state index < -0.39 is 6.04 Å². The summed E-state index contributed by atoms with van der Waals surface area (Å²) >= 11 is 0. The summed E-state index contributed by atoms with van der Waals surface area (Å²) in [6.45, 7) is 3.39. The molecule has 1 unspecified atom stereocenters. The first kappa shape index (κ1) is 15.4. The first-order valence-corrected chi connectivity index (χ1v) is 6.26. The van der Waals surface area contributed by atoms with Crippen LogP contribution in [0.5, 0.6) is 0 Å². The van der Waals surface area contributed by atoms with Crippen LogP contribution in [0.3, 0.4) is 0 Å². The van der Waals surface area contributed by atoms with Crippen molar-refractivity contribution in [1.82, 2.24) is 0 Å². The van der Waals surface area contributed by atoms with E-state index in [0.29, 0.717) is 31.7 Å². The second-order valence-electron chi connectivity index (χ2n) is 4.35. The average Bonchev–Trinajstić information content (AvgIpc) is 2.38. The molecule has 0 spiro atoms. The van der Waals surface area contributed by atoms with Crippen molar-refractivity contribution in [2.75, 3.05) is 31.7 Å². The lowest BCUT2D eigenvalue weighted by molar-refractivity contribution is 0.205. The smallest absolute Gasteiger partial charge is 0.130 e. The van der Waals surface area contributed by atoms with Gasteiger partial charge in [0.2, 0.25) is 0 Å². The van der Waals surface area contributed by atoms with E-state index in [1.54, 1.807) is 20.1 Å². The third kappa shape index (κ3) is 4.19. The molecule has 19 heavy (non-hydrogen) atoms. The van der Waals surface area contributed by atoms with Crippen LogP contribution >= 0.6 is 0 Å². The lowest BCUT2D eigenvalue weighted by atomic mass is 10.0. The Balaban J connectivity index is 3.06. The molecule has 0 fully saturated rings. The minimum atomic E-state index is -0.400. The van der Waals surface area contributed by atoms with E-state index in [2.05, 4.69) is 6.07 Å². The summed E-state index contributed by atoms with van der Waals surface area (Å²) in [5, 5.41) is 8.71. The number of nitrogens with two attached hydrogens (primary N) is 1. The lowest BCUT2D eigenvalue weighted by Crippen LogP contribution is -2.30. The van der Waals surface area contributed by atoms with Crippen molar-refractivity contribution < 1.29 is 9.13 Å². The van der Waals surface area contributed by atoms with Gasteiger partial charge >= 0.3 is 0 Å². The van der Waals surface area contributed by atoms with Crippen molar-refractivity contribution in [2.45, 2.75) is 19.4 Å². The number of nitrogens with zero attached hydrogens (tertiary/aromatic N) is 2. The van der Waals surface area contributed by atoms with Gasteiger partial charge in [-0.05, 0) is 19.1 Å². The predicted molar refractivity (Wildman–Crippen MR) is 73.3 cm³/mol. The van der Waals surface area contributed by atoms with Gasteiger partial charge in [0, 0.05) is 37.5 Å². The highest BCUT2D eigenvalue weighted by Gasteiger charge is 2.17. The Kier molecular flexibility index (Phi) is 6.26. The van der Waals surface area contributed by atoms with Gasteiger partial charge in [-0.1, -0.05) is 6.07 Å². The van der Waals surface area contributed by atoms with Crippen molar-refractivity contribution in [3.05, 3.63) is 29.6 Å². The predicted octanol–water partition coefficient (Wildman–Crippen LogP) is 2.21. The van der Waals surface area contributed by atoms with Crippen LogP contribution in [0.1, 0.15) is 24.9 Å². The van der Waals surface area contributed by atoms with E-state index in [1.165, 1.54) is 6.07 Å². The molecular weight excluding hydrogens is 245 g/mol. The number of hydrogen-bond donors (Lipinski definition) is 1.